The summed E-state index contributed by atoms with van der Waals surface area (Å²) in [6, 6.07) is 6.61. The van der Waals surface area contributed by atoms with Gasteiger partial charge in [-0.3, -0.25) is 9.80 Å². The van der Waals surface area contributed by atoms with Crippen LogP contribution in [0, 0.1) is 13.8 Å². The van der Waals surface area contributed by atoms with Crippen LogP contribution in [0.1, 0.15) is 23.1 Å². The first-order chi connectivity index (χ1) is 12.8. The van der Waals surface area contributed by atoms with Crippen LogP contribution in [0.15, 0.2) is 18.2 Å². The lowest BCUT2D eigenvalue weighted by molar-refractivity contribution is 0.100. The number of piperazine rings is 1. The summed E-state index contributed by atoms with van der Waals surface area (Å²) in [5.74, 6) is 0.668. The highest BCUT2D eigenvalue weighted by Crippen LogP contribution is 2.26. The fraction of sp³-hybridized carbons (Fsp3) is 0.550. The summed E-state index contributed by atoms with van der Waals surface area (Å²) in [5, 5.41) is 1.72. The highest BCUT2D eigenvalue weighted by atomic mass is 35.5. The first kappa shape index (κ1) is 19.1. The standard InChI is InChI=1S/C20H26ClN3O2S/c1-14-3-4-16-11-17(20(21)22-19(16)15(14)2)12-23-6-8-24(9-7-23)18-5-10-27(25,26)13-18/h3-4,11,18H,5-10,12-13H2,1-2H3/t18-/m1/s1. The van der Waals surface area contributed by atoms with Gasteiger partial charge in [-0.2, -0.15) is 0 Å². The molecule has 0 radical (unpaired) electrons. The summed E-state index contributed by atoms with van der Waals surface area (Å²) in [4.78, 5) is 9.38. The second kappa shape index (κ2) is 7.32. The first-order valence-corrected chi connectivity index (χ1v) is 11.7. The Bertz CT molecular complexity index is 969. The normalized spacial score (nSPS) is 23.9. The maximum absolute atomic E-state index is 11.7. The molecule has 2 aliphatic heterocycles. The molecule has 0 aliphatic carbocycles. The minimum absolute atomic E-state index is 0.203. The fourth-order valence-electron chi connectivity index (χ4n) is 4.21. The molecular weight excluding hydrogens is 382 g/mol. The molecule has 0 amide bonds. The maximum Gasteiger partial charge on any atom is 0.151 e. The van der Waals surface area contributed by atoms with Crippen LogP contribution in [0.3, 0.4) is 0 Å². The number of hydrogen-bond acceptors (Lipinski definition) is 5. The van der Waals surface area contributed by atoms with Gasteiger partial charge in [-0.05, 0) is 37.5 Å². The highest BCUT2D eigenvalue weighted by molar-refractivity contribution is 7.91. The number of rotatable bonds is 3. The van der Waals surface area contributed by atoms with Crippen molar-refractivity contribution < 1.29 is 8.42 Å². The predicted octanol–water partition coefficient (Wildman–Crippen LogP) is 2.81. The van der Waals surface area contributed by atoms with Crippen molar-refractivity contribution in [3.63, 3.8) is 0 Å². The smallest absolute Gasteiger partial charge is 0.151 e. The van der Waals surface area contributed by atoms with E-state index in [0.29, 0.717) is 16.7 Å². The number of pyridine rings is 1. The van der Waals surface area contributed by atoms with Gasteiger partial charge in [0.15, 0.2) is 9.84 Å². The Kier molecular flexibility index (Phi) is 5.18. The van der Waals surface area contributed by atoms with E-state index in [0.717, 1.165) is 55.6 Å². The van der Waals surface area contributed by atoms with Gasteiger partial charge in [0.2, 0.25) is 0 Å². The van der Waals surface area contributed by atoms with Crippen LogP contribution >= 0.6 is 11.6 Å². The molecule has 3 heterocycles. The number of sulfone groups is 1. The summed E-state index contributed by atoms with van der Waals surface area (Å²) in [6.45, 7) is 8.64. The number of hydrogen-bond donors (Lipinski definition) is 0. The van der Waals surface area contributed by atoms with Gasteiger partial charge in [0.05, 0.1) is 17.0 Å². The van der Waals surface area contributed by atoms with Crippen molar-refractivity contribution in [2.24, 2.45) is 0 Å². The SMILES string of the molecule is Cc1ccc2cc(CN3CCN([C@@H]4CCS(=O)(=O)C4)CC3)c(Cl)nc2c1C. The van der Waals surface area contributed by atoms with Crippen LogP contribution in [0.5, 0.6) is 0 Å². The van der Waals surface area contributed by atoms with Gasteiger partial charge in [-0.25, -0.2) is 13.4 Å². The fourth-order valence-corrected chi connectivity index (χ4v) is 6.17. The summed E-state index contributed by atoms with van der Waals surface area (Å²) in [6.07, 6.45) is 0.779. The quantitative estimate of drug-likeness (QED) is 0.732. The molecule has 0 N–H and O–H groups in total. The number of fused-ring (bicyclic) bond motifs is 1. The molecule has 7 heteroatoms. The molecule has 1 aromatic carbocycles. The van der Waals surface area contributed by atoms with E-state index in [-0.39, 0.29) is 6.04 Å². The minimum atomic E-state index is -2.82. The van der Waals surface area contributed by atoms with Gasteiger partial charge < -0.3 is 0 Å². The van der Waals surface area contributed by atoms with Crippen molar-refractivity contribution >= 4 is 32.3 Å². The molecule has 2 saturated heterocycles. The van der Waals surface area contributed by atoms with Crippen LogP contribution in [0.2, 0.25) is 5.15 Å². The molecule has 4 rings (SSSR count). The van der Waals surface area contributed by atoms with Gasteiger partial charge in [0.25, 0.3) is 0 Å². The molecule has 2 aliphatic rings. The Labute approximate surface area is 166 Å². The largest absolute Gasteiger partial charge is 0.297 e. The molecule has 1 aromatic heterocycles. The van der Waals surface area contributed by atoms with Gasteiger partial charge in [0.1, 0.15) is 5.15 Å². The van der Waals surface area contributed by atoms with E-state index in [4.69, 9.17) is 11.6 Å². The molecule has 0 bridgehead atoms. The number of halogens is 1. The van der Waals surface area contributed by atoms with E-state index >= 15 is 0 Å². The van der Waals surface area contributed by atoms with Crippen molar-refractivity contribution in [3.05, 3.63) is 40.0 Å². The lowest BCUT2D eigenvalue weighted by Gasteiger charge is -2.37. The molecule has 27 heavy (non-hydrogen) atoms. The van der Waals surface area contributed by atoms with E-state index in [1.165, 1.54) is 11.1 Å². The van der Waals surface area contributed by atoms with Crippen molar-refractivity contribution in [2.45, 2.75) is 32.9 Å². The summed E-state index contributed by atoms with van der Waals surface area (Å²) < 4.78 is 23.4. The Hall–Kier alpha value is -1.21. The zero-order chi connectivity index (χ0) is 19.2. The average molecular weight is 408 g/mol. The van der Waals surface area contributed by atoms with Crippen LogP contribution < -0.4 is 0 Å². The molecule has 2 aromatic rings. The monoisotopic (exact) mass is 407 g/mol. The van der Waals surface area contributed by atoms with E-state index in [9.17, 15) is 8.42 Å². The van der Waals surface area contributed by atoms with E-state index < -0.39 is 9.84 Å². The summed E-state index contributed by atoms with van der Waals surface area (Å²) in [5.41, 5.74) is 4.45. The molecule has 1 atom stereocenters. The predicted molar refractivity (Wildman–Crippen MR) is 110 cm³/mol. The molecule has 2 fully saturated rings. The number of aromatic nitrogens is 1. The van der Waals surface area contributed by atoms with E-state index in [2.05, 4.69) is 46.8 Å². The minimum Gasteiger partial charge on any atom is -0.297 e. The molecule has 0 saturated carbocycles. The van der Waals surface area contributed by atoms with Gasteiger partial charge in [-0.15, -0.1) is 0 Å². The van der Waals surface area contributed by atoms with E-state index in [1.54, 1.807) is 0 Å². The Morgan fingerprint density at radius 2 is 1.93 bits per heavy atom. The molecule has 146 valence electrons. The zero-order valence-corrected chi connectivity index (χ0v) is 17.5. The molecule has 5 nitrogen and oxygen atoms in total. The maximum atomic E-state index is 11.7. The summed E-state index contributed by atoms with van der Waals surface area (Å²) in [7, 11) is -2.82. The third-order valence-electron chi connectivity index (χ3n) is 6.06. The van der Waals surface area contributed by atoms with Crippen molar-refractivity contribution in [2.75, 3.05) is 37.7 Å². The van der Waals surface area contributed by atoms with Gasteiger partial charge >= 0.3 is 0 Å². The third kappa shape index (κ3) is 3.99. The number of benzene rings is 1. The lowest BCUT2D eigenvalue weighted by atomic mass is 10.0. The lowest BCUT2D eigenvalue weighted by Crippen LogP contribution is -2.50. The van der Waals surface area contributed by atoms with Crippen molar-refractivity contribution in [3.8, 4) is 0 Å². The Morgan fingerprint density at radius 3 is 2.59 bits per heavy atom. The third-order valence-corrected chi connectivity index (χ3v) is 8.14. The second-order valence-corrected chi connectivity index (χ2v) is 10.5. The highest BCUT2D eigenvalue weighted by Gasteiger charge is 2.33. The van der Waals surface area contributed by atoms with Crippen LogP contribution in [-0.4, -0.2) is 66.9 Å². The van der Waals surface area contributed by atoms with Crippen molar-refractivity contribution in [1.29, 1.82) is 0 Å². The zero-order valence-electron chi connectivity index (χ0n) is 15.9. The van der Waals surface area contributed by atoms with Crippen LogP contribution in [0.4, 0.5) is 0 Å². The molecule has 0 spiro atoms. The molecule has 0 unspecified atom stereocenters. The second-order valence-electron chi connectivity index (χ2n) is 7.89. The van der Waals surface area contributed by atoms with E-state index in [1.807, 2.05) is 0 Å². The average Bonchev–Trinajstić information content (AvgIpc) is 3.00. The Morgan fingerprint density at radius 1 is 1.19 bits per heavy atom. The summed E-state index contributed by atoms with van der Waals surface area (Å²) >= 11 is 6.50. The topological polar surface area (TPSA) is 53.5 Å². The number of aryl methyl sites for hydroxylation is 2. The van der Waals surface area contributed by atoms with Crippen LogP contribution in [-0.2, 0) is 16.4 Å². The van der Waals surface area contributed by atoms with Gasteiger partial charge in [-0.1, -0.05) is 23.7 Å². The Balaban J connectivity index is 1.43. The number of nitrogens with zero attached hydrogens (tertiary/aromatic N) is 3. The molecular formula is C20H26ClN3O2S. The van der Waals surface area contributed by atoms with Crippen LogP contribution in [0.25, 0.3) is 10.9 Å². The van der Waals surface area contributed by atoms with Gasteiger partial charge in [0, 0.05) is 49.7 Å². The first-order valence-electron chi connectivity index (χ1n) is 9.54. The van der Waals surface area contributed by atoms with Crippen molar-refractivity contribution in [1.82, 2.24) is 14.8 Å².